The maximum Gasteiger partial charge on any atom is 0.165 e. The van der Waals surface area contributed by atoms with Gasteiger partial charge < -0.3 is 0 Å². The lowest BCUT2D eigenvalue weighted by molar-refractivity contribution is 0.0914. The zero-order valence-electron chi connectivity index (χ0n) is 15.8. The largest absolute Gasteiger partial charge is 0.299 e. The summed E-state index contributed by atoms with van der Waals surface area (Å²) in [4.78, 5) is 4.82. The van der Waals surface area contributed by atoms with Gasteiger partial charge in [0.2, 0.25) is 0 Å². The molecule has 0 unspecified atom stereocenters. The van der Waals surface area contributed by atoms with Crippen LogP contribution in [0.4, 0.5) is 0 Å². The molecule has 8 nitrogen and oxygen atoms in total. The van der Waals surface area contributed by atoms with E-state index < -0.39 is 0 Å². The second kappa shape index (κ2) is 8.05. The lowest BCUT2D eigenvalue weighted by atomic mass is 9.86. The van der Waals surface area contributed by atoms with Crippen LogP contribution < -0.4 is 0 Å². The molecule has 1 saturated heterocycles. The van der Waals surface area contributed by atoms with Gasteiger partial charge in [0.15, 0.2) is 5.82 Å². The molecular formula is C17H30N8. The Kier molecular flexibility index (Phi) is 5.80. The number of tetrazole rings is 1. The predicted molar refractivity (Wildman–Crippen MR) is 95.7 cm³/mol. The van der Waals surface area contributed by atoms with Crippen molar-refractivity contribution in [3.8, 4) is 0 Å². The third-order valence-corrected chi connectivity index (χ3v) is 5.07. The van der Waals surface area contributed by atoms with Crippen molar-refractivity contribution in [2.45, 2.75) is 45.3 Å². The highest BCUT2D eigenvalue weighted by Crippen LogP contribution is 2.35. The Morgan fingerprint density at radius 1 is 1.32 bits per heavy atom. The minimum Gasteiger partial charge on any atom is -0.299 e. The van der Waals surface area contributed by atoms with Gasteiger partial charge in [-0.1, -0.05) is 6.92 Å². The molecule has 2 atom stereocenters. The van der Waals surface area contributed by atoms with E-state index in [2.05, 4.69) is 57.6 Å². The van der Waals surface area contributed by atoms with Gasteiger partial charge >= 0.3 is 0 Å². The van der Waals surface area contributed by atoms with Crippen LogP contribution in [0.1, 0.15) is 43.6 Å². The number of rotatable bonds is 7. The number of hydrogen-bond donors (Lipinski definition) is 0. The van der Waals surface area contributed by atoms with Crippen molar-refractivity contribution in [3.63, 3.8) is 0 Å². The molecule has 25 heavy (non-hydrogen) atoms. The Morgan fingerprint density at radius 2 is 2.16 bits per heavy atom. The Balaban J connectivity index is 1.67. The number of likely N-dealkylation sites (tertiary alicyclic amines) is 1. The van der Waals surface area contributed by atoms with Gasteiger partial charge in [-0.15, -0.1) is 5.10 Å². The molecule has 0 aromatic carbocycles. The van der Waals surface area contributed by atoms with Crippen molar-refractivity contribution in [3.05, 3.63) is 23.8 Å². The summed E-state index contributed by atoms with van der Waals surface area (Å²) in [6.45, 7) is 5.98. The third-order valence-electron chi connectivity index (χ3n) is 5.07. The predicted octanol–water partition coefficient (Wildman–Crippen LogP) is 1.33. The van der Waals surface area contributed by atoms with Crippen LogP contribution >= 0.6 is 0 Å². The molecule has 1 aliphatic heterocycles. The van der Waals surface area contributed by atoms with Gasteiger partial charge in [0, 0.05) is 37.9 Å². The quantitative estimate of drug-likeness (QED) is 0.753. The number of aryl methyl sites for hydroxylation is 2. The first-order chi connectivity index (χ1) is 12.1. The Hall–Kier alpha value is -1.80. The standard InChI is InChI=1S/C17H30N8/c1-5-8-25-16(19-20-21-25)13-22(2)11-14-7-6-9-23(3)17(14)15-10-18-24(4)12-15/h10,12,14,17H,5-9,11,13H2,1-4H3/t14-,17+/m0/s1. The fourth-order valence-electron chi connectivity index (χ4n) is 4.00. The highest BCUT2D eigenvalue weighted by molar-refractivity contribution is 5.13. The number of piperidine rings is 1. The van der Waals surface area contributed by atoms with E-state index >= 15 is 0 Å². The van der Waals surface area contributed by atoms with Crippen LogP contribution in [-0.2, 0) is 20.1 Å². The Morgan fingerprint density at radius 3 is 2.88 bits per heavy atom. The molecule has 2 aromatic heterocycles. The van der Waals surface area contributed by atoms with E-state index in [1.165, 1.54) is 18.4 Å². The van der Waals surface area contributed by atoms with E-state index in [4.69, 9.17) is 0 Å². The highest BCUT2D eigenvalue weighted by Gasteiger charge is 2.32. The van der Waals surface area contributed by atoms with Gasteiger partial charge in [-0.25, -0.2) is 4.68 Å². The van der Waals surface area contributed by atoms with Gasteiger partial charge in [-0.05, 0) is 56.2 Å². The van der Waals surface area contributed by atoms with Crippen molar-refractivity contribution in [1.82, 2.24) is 39.8 Å². The molecule has 0 bridgehead atoms. The molecule has 0 amide bonds. The first kappa shape index (κ1) is 18.0. The molecule has 0 spiro atoms. The molecule has 0 radical (unpaired) electrons. The van der Waals surface area contributed by atoms with Gasteiger partial charge in [-0.3, -0.25) is 14.5 Å². The second-order valence-corrected chi connectivity index (χ2v) is 7.29. The van der Waals surface area contributed by atoms with Gasteiger partial charge in [0.1, 0.15) is 0 Å². The Bertz CT molecular complexity index is 663. The van der Waals surface area contributed by atoms with Gasteiger partial charge in [0.05, 0.1) is 12.7 Å². The smallest absolute Gasteiger partial charge is 0.165 e. The van der Waals surface area contributed by atoms with Crippen molar-refractivity contribution in [1.29, 1.82) is 0 Å². The van der Waals surface area contributed by atoms with E-state index in [1.54, 1.807) is 0 Å². The molecule has 2 aromatic rings. The maximum absolute atomic E-state index is 4.38. The average Bonchev–Trinajstić information content (AvgIpc) is 3.17. The lowest BCUT2D eigenvalue weighted by Crippen LogP contribution is -2.41. The van der Waals surface area contributed by atoms with E-state index in [9.17, 15) is 0 Å². The first-order valence-corrected chi connectivity index (χ1v) is 9.20. The van der Waals surface area contributed by atoms with Crippen molar-refractivity contribution >= 4 is 0 Å². The summed E-state index contributed by atoms with van der Waals surface area (Å²) in [6.07, 6.45) is 7.70. The number of aromatic nitrogens is 6. The van der Waals surface area contributed by atoms with Gasteiger partial charge in [0.25, 0.3) is 0 Å². The molecule has 8 heteroatoms. The summed E-state index contributed by atoms with van der Waals surface area (Å²) in [7, 11) is 6.38. The van der Waals surface area contributed by atoms with Crippen molar-refractivity contribution in [2.24, 2.45) is 13.0 Å². The van der Waals surface area contributed by atoms with Crippen LogP contribution in [0.15, 0.2) is 12.4 Å². The van der Waals surface area contributed by atoms with E-state index in [-0.39, 0.29) is 0 Å². The SMILES string of the molecule is CCCn1nnnc1CN(C)C[C@@H]1CCCN(C)[C@H]1c1cnn(C)c1. The third kappa shape index (κ3) is 4.24. The van der Waals surface area contributed by atoms with Gasteiger partial charge in [-0.2, -0.15) is 5.10 Å². The van der Waals surface area contributed by atoms with Crippen LogP contribution in [0.2, 0.25) is 0 Å². The average molecular weight is 346 g/mol. The fraction of sp³-hybridized carbons (Fsp3) is 0.765. The minimum atomic E-state index is 0.427. The molecule has 138 valence electrons. The summed E-state index contributed by atoms with van der Waals surface area (Å²) in [5, 5.41) is 16.5. The Labute approximate surface area is 149 Å². The molecule has 0 aliphatic carbocycles. The molecule has 3 rings (SSSR count). The molecule has 1 fully saturated rings. The van der Waals surface area contributed by atoms with Crippen LogP contribution in [0, 0.1) is 5.92 Å². The summed E-state index contributed by atoms with van der Waals surface area (Å²) in [6, 6.07) is 0.427. The minimum absolute atomic E-state index is 0.427. The summed E-state index contributed by atoms with van der Waals surface area (Å²) >= 11 is 0. The zero-order valence-corrected chi connectivity index (χ0v) is 15.8. The number of hydrogen-bond acceptors (Lipinski definition) is 6. The normalized spacial score (nSPS) is 22.0. The monoisotopic (exact) mass is 346 g/mol. The van der Waals surface area contributed by atoms with E-state index in [0.717, 1.165) is 38.4 Å². The number of nitrogens with zero attached hydrogens (tertiary/aromatic N) is 8. The van der Waals surface area contributed by atoms with Crippen molar-refractivity contribution in [2.75, 3.05) is 27.2 Å². The topological polar surface area (TPSA) is 67.9 Å². The molecule has 3 heterocycles. The second-order valence-electron chi connectivity index (χ2n) is 7.29. The molecule has 0 saturated carbocycles. The summed E-state index contributed by atoms with van der Waals surface area (Å²) in [5.74, 6) is 1.54. The zero-order chi connectivity index (χ0) is 17.8. The van der Waals surface area contributed by atoms with E-state index in [1.807, 2.05) is 22.6 Å². The summed E-state index contributed by atoms with van der Waals surface area (Å²) < 4.78 is 3.82. The highest BCUT2D eigenvalue weighted by atomic mass is 15.5. The molecular weight excluding hydrogens is 316 g/mol. The van der Waals surface area contributed by atoms with E-state index in [0.29, 0.717) is 12.0 Å². The van der Waals surface area contributed by atoms with Crippen LogP contribution in [0.5, 0.6) is 0 Å². The van der Waals surface area contributed by atoms with Crippen molar-refractivity contribution < 1.29 is 0 Å². The van der Waals surface area contributed by atoms with Crippen LogP contribution in [-0.4, -0.2) is 67.0 Å². The van der Waals surface area contributed by atoms with Crippen LogP contribution in [0.3, 0.4) is 0 Å². The first-order valence-electron chi connectivity index (χ1n) is 9.20. The lowest BCUT2D eigenvalue weighted by Gasteiger charge is -2.40. The maximum atomic E-state index is 4.38. The molecule has 0 N–H and O–H groups in total. The molecule has 1 aliphatic rings. The summed E-state index contributed by atoms with van der Waals surface area (Å²) in [5.41, 5.74) is 1.32. The van der Waals surface area contributed by atoms with Crippen LogP contribution in [0.25, 0.3) is 0 Å². The fourth-order valence-corrected chi connectivity index (χ4v) is 4.00.